The quantitative estimate of drug-likeness (QED) is 0.116. The Hall–Kier alpha value is -3.97. The van der Waals surface area contributed by atoms with Gasteiger partial charge >= 0.3 is 5.97 Å². The number of fused-ring (bicyclic) bond motifs is 1. The molecule has 0 bridgehead atoms. The van der Waals surface area contributed by atoms with Gasteiger partial charge in [-0.1, -0.05) is 68.4 Å². The maximum atomic E-state index is 13.6. The minimum absolute atomic E-state index is 0.0923. The molecule has 0 radical (unpaired) electrons. The summed E-state index contributed by atoms with van der Waals surface area (Å²) in [5, 5.41) is 12.1. The molecule has 0 aromatic heterocycles. The Morgan fingerprint density at radius 2 is 1.57 bits per heavy atom. The van der Waals surface area contributed by atoms with Gasteiger partial charge in [-0.15, -0.1) is 0 Å². The van der Waals surface area contributed by atoms with Crippen LogP contribution in [0.5, 0.6) is 0 Å². The average Bonchev–Trinajstić information content (AvgIpc) is 2.98. The van der Waals surface area contributed by atoms with E-state index in [2.05, 4.69) is 52.8 Å². The van der Waals surface area contributed by atoms with Crippen molar-refractivity contribution in [1.29, 1.82) is 0 Å². The lowest BCUT2D eigenvalue weighted by Crippen LogP contribution is -2.42. The molecule has 0 spiro atoms. The smallest absolute Gasteiger partial charge is 0.328 e. The van der Waals surface area contributed by atoms with E-state index in [0.29, 0.717) is 24.3 Å². The number of thiol groups is 1. The molecular weight excluding hydrogens is 518 g/mol. The number of carbonyl (C=O) groups excluding carboxylic acids is 2. The molecule has 2 atom stereocenters. The van der Waals surface area contributed by atoms with Crippen LogP contribution in [0.3, 0.4) is 0 Å². The zero-order valence-electron chi connectivity index (χ0n) is 23.2. The van der Waals surface area contributed by atoms with Crippen molar-refractivity contribution in [2.24, 2.45) is 5.92 Å². The lowest BCUT2D eigenvalue weighted by atomic mass is 9.95. The van der Waals surface area contributed by atoms with Gasteiger partial charge in [-0.3, -0.25) is 4.79 Å². The van der Waals surface area contributed by atoms with E-state index in [1.54, 1.807) is 0 Å². The fourth-order valence-corrected chi connectivity index (χ4v) is 4.90. The summed E-state index contributed by atoms with van der Waals surface area (Å²) >= 11 is 4.53. The standard InChI is InChI=1S/C33H37N3O3S/c1-22(2)17-31(33(38)39-3)36-32(37)29-16-15-27(34-20-28(21-40)35-26-11-5-4-6-12-26)19-30(29)25-14-13-23-9-7-8-10-24(23)18-25/h4-16,18-19,22,28,31,34-35,40H,17,20-21H2,1-3H3,(H,36,37)/t28-,31+/m1/s1. The highest BCUT2D eigenvalue weighted by atomic mass is 32.1. The summed E-state index contributed by atoms with van der Waals surface area (Å²) in [7, 11) is 1.34. The predicted molar refractivity (Wildman–Crippen MR) is 168 cm³/mol. The highest BCUT2D eigenvalue weighted by Gasteiger charge is 2.25. The van der Waals surface area contributed by atoms with E-state index >= 15 is 0 Å². The molecule has 4 rings (SSSR count). The van der Waals surface area contributed by atoms with Crippen LogP contribution in [-0.2, 0) is 9.53 Å². The number of ether oxygens (including phenoxy) is 1. The number of nitrogens with one attached hydrogen (secondary N) is 3. The number of rotatable bonds is 12. The first kappa shape index (κ1) is 29.0. The Labute approximate surface area is 241 Å². The summed E-state index contributed by atoms with van der Waals surface area (Å²) in [5.74, 6) is 0.0891. The first-order valence-electron chi connectivity index (χ1n) is 13.6. The fraction of sp³-hybridized carbons (Fsp3) is 0.273. The van der Waals surface area contributed by atoms with Crippen LogP contribution in [0.15, 0.2) is 91.0 Å². The Balaban J connectivity index is 1.64. The van der Waals surface area contributed by atoms with Crippen LogP contribution >= 0.6 is 12.6 Å². The van der Waals surface area contributed by atoms with Gasteiger partial charge in [0, 0.05) is 29.2 Å². The van der Waals surface area contributed by atoms with E-state index in [1.165, 1.54) is 7.11 Å². The van der Waals surface area contributed by atoms with Gasteiger partial charge in [0.2, 0.25) is 0 Å². The Morgan fingerprint density at radius 3 is 2.27 bits per heavy atom. The van der Waals surface area contributed by atoms with Crippen LogP contribution in [0, 0.1) is 5.92 Å². The maximum Gasteiger partial charge on any atom is 0.328 e. The molecule has 0 aliphatic rings. The van der Waals surface area contributed by atoms with Gasteiger partial charge in [0.15, 0.2) is 0 Å². The second kappa shape index (κ2) is 13.9. The zero-order chi connectivity index (χ0) is 28.5. The third-order valence-corrected chi connectivity index (χ3v) is 7.18. The second-order valence-corrected chi connectivity index (χ2v) is 10.6. The number of anilines is 2. The first-order chi connectivity index (χ1) is 19.4. The Bertz CT molecular complexity index is 1440. The number of para-hydroxylation sites is 1. The van der Waals surface area contributed by atoms with Crippen molar-refractivity contribution in [3.05, 3.63) is 96.6 Å². The molecule has 40 heavy (non-hydrogen) atoms. The molecule has 0 heterocycles. The topological polar surface area (TPSA) is 79.5 Å². The van der Waals surface area contributed by atoms with Crippen molar-refractivity contribution in [1.82, 2.24) is 5.32 Å². The number of hydrogen-bond acceptors (Lipinski definition) is 6. The molecule has 0 saturated heterocycles. The van der Waals surface area contributed by atoms with Gasteiger partial charge in [0.25, 0.3) is 5.91 Å². The van der Waals surface area contributed by atoms with Crippen LogP contribution in [0.2, 0.25) is 0 Å². The van der Waals surface area contributed by atoms with E-state index in [4.69, 9.17) is 4.74 Å². The molecule has 0 fully saturated rings. The Morgan fingerprint density at radius 1 is 0.850 bits per heavy atom. The van der Waals surface area contributed by atoms with Crippen LogP contribution in [-0.4, -0.2) is 43.4 Å². The van der Waals surface area contributed by atoms with Crippen molar-refractivity contribution in [3.8, 4) is 11.1 Å². The normalized spacial score (nSPS) is 12.5. The monoisotopic (exact) mass is 555 g/mol. The number of hydrogen-bond donors (Lipinski definition) is 4. The molecular formula is C33H37N3O3S. The number of methoxy groups -OCH3 is 1. The zero-order valence-corrected chi connectivity index (χ0v) is 24.1. The number of carbonyl (C=O) groups is 2. The summed E-state index contributed by atoms with van der Waals surface area (Å²) in [4.78, 5) is 26.0. The highest BCUT2D eigenvalue weighted by molar-refractivity contribution is 7.80. The number of esters is 1. The molecule has 3 N–H and O–H groups in total. The molecule has 208 valence electrons. The van der Waals surface area contributed by atoms with Crippen molar-refractivity contribution in [3.63, 3.8) is 0 Å². The van der Waals surface area contributed by atoms with Gasteiger partial charge in [-0.2, -0.15) is 12.6 Å². The summed E-state index contributed by atoms with van der Waals surface area (Å²) in [6.07, 6.45) is 0.489. The Kier molecular flexibility index (Phi) is 10.1. The third kappa shape index (κ3) is 7.57. The molecule has 0 saturated carbocycles. The van der Waals surface area contributed by atoms with E-state index in [9.17, 15) is 9.59 Å². The van der Waals surface area contributed by atoms with Gasteiger partial charge < -0.3 is 20.7 Å². The molecule has 4 aromatic carbocycles. The maximum absolute atomic E-state index is 13.6. The summed E-state index contributed by atoms with van der Waals surface area (Å²) in [5.41, 5.74) is 4.10. The van der Waals surface area contributed by atoms with Crippen LogP contribution in [0.4, 0.5) is 11.4 Å². The first-order valence-corrected chi connectivity index (χ1v) is 14.2. The lowest BCUT2D eigenvalue weighted by Gasteiger charge is -2.21. The van der Waals surface area contributed by atoms with E-state index in [1.807, 2.05) is 80.6 Å². The van der Waals surface area contributed by atoms with E-state index < -0.39 is 12.0 Å². The second-order valence-electron chi connectivity index (χ2n) is 10.3. The third-order valence-electron chi connectivity index (χ3n) is 6.74. The predicted octanol–water partition coefficient (Wildman–Crippen LogP) is 6.65. The fourth-order valence-electron chi connectivity index (χ4n) is 4.68. The summed E-state index contributed by atoms with van der Waals surface area (Å²) in [6.45, 7) is 4.65. The van der Waals surface area contributed by atoms with E-state index in [0.717, 1.165) is 33.3 Å². The van der Waals surface area contributed by atoms with Gasteiger partial charge in [0.1, 0.15) is 6.04 Å². The molecule has 0 aliphatic heterocycles. The molecule has 6 nitrogen and oxygen atoms in total. The van der Waals surface area contributed by atoms with Crippen LogP contribution in [0.1, 0.15) is 30.6 Å². The minimum Gasteiger partial charge on any atom is -0.467 e. The van der Waals surface area contributed by atoms with Crippen LogP contribution < -0.4 is 16.0 Å². The van der Waals surface area contributed by atoms with Crippen molar-refractivity contribution < 1.29 is 14.3 Å². The molecule has 1 amide bonds. The van der Waals surface area contributed by atoms with Gasteiger partial charge in [0.05, 0.1) is 13.2 Å². The SMILES string of the molecule is COC(=O)[C@H](CC(C)C)NC(=O)c1ccc(NC[C@H](CS)Nc2ccccc2)cc1-c1ccc2ccccc2c1. The van der Waals surface area contributed by atoms with Gasteiger partial charge in [-0.05, 0) is 70.6 Å². The highest BCUT2D eigenvalue weighted by Crippen LogP contribution is 2.30. The van der Waals surface area contributed by atoms with Crippen molar-refractivity contribution >= 4 is 46.7 Å². The molecule has 0 aliphatic carbocycles. The lowest BCUT2D eigenvalue weighted by molar-refractivity contribution is -0.143. The van der Waals surface area contributed by atoms with Gasteiger partial charge in [-0.25, -0.2) is 4.79 Å². The summed E-state index contributed by atoms with van der Waals surface area (Å²) < 4.78 is 4.96. The minimum atomic E-state index is -0.722. The largest absolute Gasteiger partial charge is 0.467 e. The molecule has 0 unspecified atom stereocenters. The molecule has 4 aromatic rings. The van der Waals surface area contributed by atoms with E-state index in [-0.39, 0.29) is 17.9 Å². The molecule has 7 heteroatoms. The van der Waals surface area contributed by atoms with Crippen molar-refractivity contribution in [2.45, 2.75) is 32.4 Å². The number of amides is 1. The summed E-state index contributed by atoms with van der Waals surface area (Å²) in [6, 6.07) is 29.4. The average molecular weight is 556 g/mol. The van der Waals surface area contributed by atoms with Crippen molar-refractivity contribution in [2.75, 3.05) is 30.0 Å². The van der Waals surface area contributed by atoms with Crippen LogP contribution in [0.25, 0.3) is 21.9 Å². The number of benzene rings is 4.